The van der Waals surface area contributed by atoms with Crippen LogP contribution in [-0.2, 0) is 0 Å². The largest absolute Gasteiger partial charge is 0.298 e. The van der Waals surface area contributed by atoms with Crippen LogP contribution < -0.4 is 0 Å². The molecule has 5 heteroatoms. The van der Waals surface area contributed by atoms with Crippen molar-refractivity contribution < 1.29 is 0 Å². The predicted octanol–water partition coefficient (Wildman–Crippen LogP) is 2.60. The van der Waals surface area contributed by atoms with Gasteiger partial charge in [0.1, 0.15) is 5.69 Å². The van der Waals surface area contributed by atoms with Gasteiger partial charge >= 0.3 is 0 Å². The molecule has 1 unspecified atom stereocenters. The zero-order valence-electron chi connectivity index (χ0n) is 9.29. The number of nitrogens with zero attached hydrogens (tertiary/aromatic N) is 4. The molecule has 1 aromatic carbocycles. The molecule has 84 valence electrons. The van der Waals surface area contributed by atoms with Crippen LogP contribution >= 0.6 is 11.8 Å². The highest BCUT2D eigenvalue weighted by Crippen LogP contribution is 2.38. The first-order valence-electron chi connectivity index (χ1n) is 5.61. The van der Waals surface area contributed by atoms with Crippen LogP contribution in [0.4, 0.5) is 0 Å². The lowest BCUT2D eigenvalue weighted by Crippen LogP contribution is -2.09. The lowest BCUT2D eigenvalue weighted by atomic mass is 10.2. The summed E-state index contributed by atoms with van der Waals surface area (Å²) < 4.78 is 2.20. The molecule has 4 rings (SSSR count). The summed E-state index contributed by atoms with van der Waals surface area (Å²) in [5, 5.41) is 10.7. The Morgan fingerprint density at radius 2 is 2.18 bits per heavy atom. The van der Waals surface area contributed by atoms with E-state index in [1.165, 1.54) is 0 Å². The monoisotopic (exact) mass is 242 g/mol. The summed E-state index contributed by atoms with van der Waals surface area (Å²) in [7, 11) is 0. The fourth-order valence-corrected chi connectivity index (χ4v) is 3.37. The Bertz CT molecular complexity index is 690. The van der Waals surface area contributed by atoms with Gasteiger partial charge in [-0.25, -0.2) is 4.98 Å². The summed E-state index contributed by atoms with van der Waals surface area (Å²) in [6.45, 7) is 2.20. The van der Waals surface area contributed by atoms with Crippen molar-refractivity contribution in [1.82, 2.24) is 19.7 Å². The van der Waals surface area contributed by atoms with E-state index in [-0.39, 0.29) is 0 Å². The van der Waals surface area contributed by atoms with E-state index in [2.05, 4.69) is 32.7 Å². The summed E-state index contributed by atoms with van der Waals surface area (Å²) in [4.78, 5) is 4.68. The number of fused-ring (bicyclic) bond motifs is 5. The highest BCUT2D eigenvalue weighted by atomic mass is 32.2. The normalized spacial score (nSPS) is 19.0. The molecule has 0 aromatic heterocycles. The van der Waals surface area contributed by atoms with Crippen molar-refractivity contribution in [2.45, 2.75) is 18.1 Å². The van der Waals surface area contributed by atoms with E-state index in [1.54, 1.807) is 11.8 Å². The molecule has 1 atom stereocenters. The van der Waals surface area contributed by atoms with E-state index in [0.29, 0.717) is 6.04 Å². The number of rotatable bonds is 0. The molecule has 0 fully saturated rings. The number of thioether (sulfide) groups is 1. The summed E-state index contributed by atoms with van der Waals surface area (Å²) in [5.74, 6) is 2.02. The van der Waals surface area contributed by atoms with Gasteiger partial charge in [0.05, 0.1) is 5.52 Å². The fraction of sp³-hybridized carbons (Fsp3) is 0.250. The zero-order valence-corrected chi connectivity index (χ0v) is 10.1. The molecule has 0 saturated carbocycles. The van der Waals surface area contributed by atoms with Crippen molar-refractivity contribution >= 4 is 22.7 Å². The molecule has 0 aliphatic carbocycles. The number of hydrogen-bond donors (Lipinski definition) is 0. The van der Waals surface area contributed by atoms with Crippen LogP contribution in [0.25, 0.3) is 22.4 Å². The summed E-state index contributed by atoms with van der Waals surface area (Å²) >= 11 is 1.75. The van der Waals surface area contributed by atoms with E-state index in [4.69, 9.17) is 0 Å². The van der Waals surface area contributed by atoms with Gasteiger partial charge in [0, 0.05) is 17.2 Å². The number of aromatic nitrogens is 4. The first-order chi connectivity index (χ1) is 8.34. The predicted molar refractivity (Wildman–Crippen MR) is 67.4 cm³/mol. The highest BCUT2D eigenvalue weighted by molar-refractivity contribution is 7.99. The Labute approximate surface area is 102 Å². The van der Waals surface area contributed by atoms with Crippen LogP contribution in [0.5, 0.6) is 0 Å². The maximum absolute atomic E-state index is 4.68. The van der Waals surface area contributed by atoms with E-state index >= 15 is 0 Å². The quantitative estimate of drug-likeness (QED) is 0.607. The summed E-state index contributed by atoms with van der Waals surface area (Å²) in [6.07, 6.45) is 0. The van der Waals surface area contributed by atoms with Crippen molar-refractivity contribution in [3.63, 3.8) is 0 Å². The third-order valence-corrected chi connectivity index (χ3v) is 4.35. The van der Waals surface area contributed by atoms with E-state index in [9.17, 15) is 0 Å². The molecule has 4 nitrogen and oxygen atoms in total. The zero-order chi connectivity index (χ0) is 11.4. The molecule has 3 heterocycles. The lowest BCUT2D eigenvalue weighted by Gasteiger charge is -2.11. The minimum Gasteiger partial charge on any atom is -0.298 e. The van der Waals surface area contributed by atoms with E-state index in [0.717, 1.165) is 33.3 Å². The Kier molecular flexibility index (Phi) is 1.77. The minimum atomic E-state index is 0.442. The molecular formula is C12H10N4S. The van der Waals surface area contributed by atoms with Gasteiger partial charge in [-0.3, -0.25) is 4.57 Å². The SMILES string of the molecule is CC1CSc2nnc3c4ccccc4nc-3n21. The fourth-order valence-electron chi connectivity index (χ4n) is 2.32. The summed E-state index contributed by atoms with van der Waals surface area (Å²) in [5.41, 5.74) is 1.92. The van der Waals surface area contributed by atoms with Gasteiger partial charge in [-0.15, -0.1) is 10.2 Å². The molecule has 0 N–H and O–H groups in total. The first kappa shape index (κ1) is 9.41. The third kappa shape index (κ3) is 1.17. The number of para-hydroxylation sites is 1. The standard InChI is InChI=1S/C12H10N4S/c1-7-6-17-12-15-14-10-8-4-2-3-5-9(8)13-11(10)16(7)12/h2-5,7H,6H2,1H3. The lowest BCUT2D eigenvalue weighted by molar-refractivity contribution is 0.547. The molecule has 17 heavy (non-hydrogen) atoms. The molecule has 0 radical (unpaired) electrons. The van der Waals surface area contributed by atoms with Crippen molar-refractivity contribution in [1.29, 1.82) is 0 Å². The van der Waals surface area contributed by atoms with Gasteiger partial charge in [0.2, 0.25) is 0 Å². The van der Waals surface area contributed by atoms with E-state index < -0.39 is 0 Å². The molecule has 0 bridgehead atoms. The first-order valence-corrected chi connectivity index (χ1v) is 6.59. The van der Waals surface area contributed by atoms with Crippen molar-refractivity contribution in [3.05, 3.63) is 24.3 Å². The van der Waals surface area contributed by atoms with E-state index in [1.807, 2.05) is 18.2 Å². The number of benzene rings is 1. The second-order valence-corrected chi connectivity index (χ2v) is 5.30. The minimum absolute atomic E-state index is 0.442. The van der Waals surface area contributed by atoms with Gasteiger partial charge in [-0.1, -0.05) is 30.0 Å². The number of hydrogen-bond acceptors (Lipinski definition) is 4. The van der Waals surface area contributed by atoms with Crippen molar-refractivity contribution in [2.75, 3.05) is 5.75 Å². The highest BCUT2D eigenvalue weighted by Gasteiger charge is 2.27. The average Bonchev–Trinajstić information content (AvgIpc) is 2.90. The molecule has 0 saturated heterocycles. The second kappa shape index (κ2) is 3.20. The third-order valence-electron chi connectivity index (χ3n) is 3.16. The second-order valence-electron chi connectivity index (χ2n) is 4.31. The molecule has 0 amide bonds. The molecule has 3 aliphatic rings. The maximum Gasteiger partial charge on any atom is 0.191 e. The Balaban J connectivity index is 2.15. The van der Waals surface area contributed by atoms with Crippen LogP contribution in [0, 0.1) is 0 Å². The molecular weight excluding hydrogens is 232 g/mol. The topological polar surface area (TPSA) is 43.6 Å². The van der Waals surface area contributed by atoms with Crippen molar-refractivity contribution in [3.8, 4) is 11.5 Å². The van der Waals surface area contributed by atoms with Crippen LogP contribution in [0.15, 0.2) is 29.4 Å². The Morgan fingerprint density at radius 3 is 3.12 bits per heavy atom. The van der Waals surface area contributed by atoms with Gasteiger partial charge in [0.25, 0.3) is 0 Å². The van der Waals surface area contributed by atoms with Crippen LogP contribution in [0.2, 0.25) is 0 Å². The van der Waals surface area contributed by atoms with Crippen molar-refractivity contribution in [2.24, 2.45) is 0 Å². The maximum atomic E-state index is 4.68. The van der Waals surface area contributed by atoms with Crippen LogP contribution in [0.3, 0.4) is 0 Å². The van der Waals surface area contributed by atoms with Crippen LogP contribution in [-0.4, -0.2) is 25.5 Å². The molecule has 0 spiro atoms. The van der Waals surface area contributed by atoms with Gasteiger partial charge in [-0.2, -0.15) is 0 Å². The Morgan fingerprint density at radius 1 is 1.29 bits per heavy atom. The molecule has 3 aliphatic heterocycles. The van der Waals surface area contributed by atoms with Gasteiger partial charge in [0.15, 0.2) is 11.0 Å². The smallest absolute Gasteiger partial charge is 0.191 e. The van der Waals surface area contributed by atoms with Gasteiger partial charge < -0.3 is 0 Å². The molecule has 1 aromatic rings. The Hall–Kier alpha value is -1.62. The average molecular weight is 242 g/mol. The van der Waals surface area contributed by atoms with Crippen LogP contribution in [0.1, 0.15) is 13.0 Å². The summed E-state index contributed by atoms with van der Waals surface area (Å²) in [6, 6.07) is 8.54. The van der Waals surface area contributed by atoms with Gasteiger partial charge in [-0.05, 0) is 13.0 Å².